The molecule has 0 aliphatic heterocycles. The van der Waals surface area contributed by atoms with Gasteiger partial charge in [0.25, 0.3) is 5.91 Å². The second-order valence-electron chi connectivity index (χ2n) is 6.95. The summed E-state index contributed by atoms with van der Waals surface area (Å²) in [4.78, 5) is 17.4. The molecule has 1 aromatic rings. The second-order valence-corrected chi connectivity index (χ2v) is 6.95. The Bertz CT molecular complexity index is 615. The quantitative estimate of drug-likeness (QED) is 0.349. The number of aliphatic imine (C=N–C) groups is 1. The smallest absolute Gasteiger partial charge is 0.259 e. The molecule has 0 bridgehead atoms. The van der Waals surface area contributed by atoms with Crippen molar-refractivity contribution in [1.82, 2.24) is 15.5 Å². The molecule has 150 valence electrons. The molecule has 1 amide bonds. The largest absolute Gasteiger partial charge is 0.484 e. The topological polar surface area (TPSA) is 75.2 Å². The van der Waals surface area contributed by atoms with Crippen LogP contribution in [0.4, 0.5) is 0 Å². The monoisotopic (exact) mass is 376 g/mol. The van der Waals surface area contributed by atoms with Crippen molar-refractivity contribution in [3.8, 4) is 5.75 Å². The van der Waals surface area contributed by atoms with Crippen molar-refractivity contribution >= 4 is 11.9 Å². The molecular weight excluding hydrogens is 344 g/mol. The van der Waals surface area contributed by atoms with Gasteiger partial charge in [-0.3, -0.25) is 9.79 Å². The molecule has 7 nitrogen and oxygen atoms in total. The number of likely N-dealkylation sites (N-methyl/N-ethyl adjacent to an activating group) is 1. The van der Waals surface area contributed by atoms with E-state index in [-0.39, 0.29) is 12.5 Å². The summed E-state index contributed by atoms with van der Waals surface area (Å²) in [5.41, 5.74) is 1.06. The van der Waals surface area contributed by atoms with Gasteiger partial charge in [0.1, 0.15) is 5.75 Å². The van der Waals surface area contributed by atoms with Gasteiger partial charge < -0.3 is 25.0 Å². The molecule has 0 radical (unpaired) electrons. The van der Waals surface area contributed by atoms with Crippen LogP contribution in [-0.2, 0) is 16.1 Å². The van der Waals surface area contributed by atoms with Crippen molar-refractivity contribution in [3.63, 3.8) is 0 Å². The third-order valence-electron chi connectivity index (χ3n) is 4.25. The molecule has 2 rings (SSSR count). The van der Waals surface area contributed by atoms with E-state index >= 15 is 0 Å². The highest BCUT2D eigenvalue weighted by Crippen LogP contribution is 2.28. The summed E-state index contributed by atoms with van der Waals surface area (Å²) in [6, 6.07) is 7.70. The van der Waals surface area contributed by atoms with E-state index in [4.69, 9.17) is 9.47 Å². The van der Waals surface area contributed by atoms with Crippen molar-refractivity contribution in [2.45, 2.75) is 25.8 Å². The lowest BCUT2D eigenvalue weighted by Gasteiger charge is -2.14. The summed E-state index contributed by atoms with van der Waals surface area (Å²) < 4.78 is 11.2. The van der Waals surface area contributed by atoms with Gasteiger partial charge >= 0.3 is 0 Å². The maximum Gasteiger partial charge on any atom is 0.259 e. The minimum Gasteiger partial charge on any atom is -0.484 e. The molecule has 0 atom stereocenters. The van der Waals surface area contributed by atoms with Crippen LogP contribution in [0.25, 0.3) is 0 Å². The molecule has 2 N–H and O–H groups in total. The van der Waals surface area contributed by atoms with Gasteiger partial charge in [-0.15, -0.1) is 0 Å². The molecule has 1 saturated carbocycles. The molecule has 1 aliphatic rings. The standard InChI is InChI=1S/C20H32N4O3/c1-21-20(22-10-5-11-26-14-16-8-9-16)23-13-17-6-4-7-18(12-17)27-15-19(25)24(2)3/h4,6-7,12,16H,5,8-11,13-15H2,1-3H3,(H2,21,22,23). The zero-order valence-electron chi connectivity index (χ0n) is 16.7. The van der Waals surface area contributed by atoms with Crippen molar-refractivity contribution in [2.24, 2.45) is 10.9 Å². The Morgan fingerprint density at radius 1 is 1.30 bits per heavy atom. The van der Waals surface area contributed by atoms with Crippen LogP contribution in [0.5, 0.6) is 5.75 Å². The van der Waals surface area contributed by atoms with E-state index in [9.17, 15) is 4.79 Å². The maximum atomic E-state index is 11.6. The van der Waals surface area contributed by atoms with Crippen LogP contribution < -0.4 is 15.4 Å². The first kappa shape index (κ1) is 21.0. The third-order valence-corrected chi connectivity index (χ3v) is 4.25. The molecule has 0 spiro atoms. The number of hydrogen-bond donors (Lipinski definition) is 2. The summed E-state index contributed by atoms with van der Waals surface area (Å²) in [7, 11) is 5.18. The summed E-state index contributed by atoms with van der Waals surface area (Å²) in [6.07, 6.45) is 3.61. The number of amides is 1. The number of hydrogen-bond acceptors (Lipinski definition) is 4. The Labute approximate surface area is 162 Å². The highest BCUT2D eigenvalue weighted by molar-refractivity contribution is 5.79. The SMILES string of the molecule is CN=C(NCCCOCC1CC1)NCc1cccc(OCC(=O)N(C)C)c1. The number of nitrogens with one attached hydrogen (secondary N) is 2. The summed E-state index contributed by atoms with van der Waals surface area (Å²) in [5, 5.41) is 6.57. The van der Waals surface area contributed by atoms with E-state index in [1.54, 1.807) is 21.1 Å². The van der Waals surface area contributed by atoms with Crippen LogP contribution in [0.2, 0.25) is 0 Å². The zero-order valence-corrected chi connectivity index (χ0v) is 16.7. The average Bonchev–Trinajstić information content (AvgIpc) is 3.49. The van der Waals surface area contributed by atoms with E-state index in [2.05, 4.69) is 15.6 Å². The number of carbonyl (C=O) groups excluding carboxylic acids is 1. The number of nitrogens with zero attached hydrogens (tertiary/aromatic N) is 2. The van der Waals surface area contributed by atoms with Crippen LogP contribution in [0.15, 0.2) is 29.3 Å². The summed E-state index contributed by atoms with van der Waals surface area (Å²) in [6.45, 7) is 3.17. The molecule has 0 aromatic heterocycles. The number of benzene rings is 1. The molecule has 27 heavy (non-hydrogen) atoms. The van der Waals surface area contributed by atoms with Gasteiger partial charge in [-0.2, -0.15) is 0 Å². The lowest BCUT2D eigenvalue weighted by Crippen LogP contribution is -2.37. The van der Waals surface area contributed by atoms with Crippen molar-refractivity contribution in [3.05, 3.63) is 29.8 Å². The van der Waals surface area contributed by atoms with Crippen LogP contribution in [0.3, 0.4) is 0 Å². The Kier molecular flexibility index (Phi) is 8.91. The predicted octanol–water partition coefficient (Wildman–Crippen LogP) is 1.64. The Hall–Kier alpha value is -2.28. The molecule has 0 heterocycles. The Morgan fingerprint density at radius 2 is 2.11 bits per heavy atom. The fourth-order valence-electron chi connectivity index (χ4n) is 2.34. The highest BCUT2D eigenvalue weighted by atomic mass is 16.5. The minimum atomic E-state index is -0.0655. The first-order valence-corrected chi connectivity index (χ1v) is 9.52. The molecule has 0 unspecified atom stereocenters. The lowest BCUT2D eigenvalue weighted by molar-refractivity contribution is -0.130. The number of ether oxygens (including phenoxy) is 2. The van der Waals surface area contributed by atoms with E-state index in [0.717, 1.165) is 43.6 Å². The van der Waals surface area contributed by atoms with Crippen molar-refractivity contribution < 1.29 is 14.3 Å². The van der Waals surface area contributed by atoms with Crippen LogP contribution in [0, 0.1) is 5.92 Å². The Balaban J connectivity index is 1.65. The summed E-state index contributed by atoms with van der Waals surface area (Å²) >= 11 is 0. The molecule has 1 fully saturated rings. The van der Waals surface area contributed by atoms with Crippen molar-refractivity contribution in [2.75, 3.05) is 47.5 Å². The molecule has 0 saturated heterocycles. The van der Waals surface area contributed by atoms with E-state index in [0.29, 0.717) is 12.3 Å². The molecule has 1 aliphatic carbocycles. The lowest BCUT2D eigenvalue weighted by atomic mass is 10.2. The molecular formula is C20H32N4O3. The zero-order chi connectivity index (χ0) is 19.5. The Morgan fingerprint density at radius 3 is 2.81 bits per heavy atom. The van der Waals surface area contributed by atoms with Crippen LogP contribution >= 0.6 is 0 Å². The fourth-order valence-corrected chi connectivity index (χ4v) is 2.34. The van der Waals surface area contributed by atoms with Crippen LogP contribution in [0.1, 0.15) is 24.8 Å². The van der Waals surface area contributed by atoms with Gasteiger partial charge in [-0.25, -0.2) is 0 Å². The van der Waals surface area contributed by atoms with Gasteiger partial charge in [-0.05, 0) is 42.9 Å². The highest BCUT2D eigenvalue weighted by Gasteiger charge is 2.20. The third kappa shape index (κ3) is 8.77. The van der Waals surface area contributed by atoms with E-state index in [1.165, 1.54) is 17.7 Å². The van der Waals surface area contributed by atoms with E-state index < -0.39 is 0 Å². The fraction of sp³-hybridized carbons (Fsp3) is 0.600. The summed E-state index contributed by atoms with van der Waals surface area (Å²) in [5.74, 6) is 2.18. The average molecular weight is 377 g/mol. The number of carbonyl (C=O) groups is 1. The van der Waals surface area contributed by atoms with Crippen molar-refractivity contribution in [1.29, 1.82) is 0 Å². The predicted molar refractivity (Wildman–Crippen MR) is 107 cm³/mol. The normalized spacial score (nSPS) is 14.0. The van der Waals surface area contributed by atoms with Gasteiger partial charge in [0.2, 0.25) is 0 Å². The van der Waals surface area contributed by atoms with Gasteiger partial charge in [0, 0.05) is 47.4 Å². The number of guanidine groups is 1. The first-order chi connectivity index (χ1) is 13.1. The number of rotatable bonds is 11. The maximum absolute atomic E-state index is 11.6. The minimum absolute atomic E-state index is 0.0376. The van der Waals surface area contributed by atoms with Gasteiger partial charge in [0.15, 0.2) is 12.6 Å². The first-order valence-electron chi connectivity index (χ1n) is 9.52. The van der Waals surface area contributed by atoms with Crippen LogP contribution in [-0.4, -0.2) is 64.3 Å². The van der Waals surface area contributed by atoms with Gasteiger partial charge in [0.05, 0.1) is 0 Å². The molecule has 7 heteroatoms. The second kappa shape index (κ2) is 11.4. The van der Waals surface area contributed by atoms with Gasteiger partial charge in [-0.1, -0.05) is 12.1 Å². The molecule has 1 aromatic carbocycles. The van der Waals surface area contributed by atoms with E-state index in [1.807, 2.05) is 24.3 Å².